The summed E-state index contributed by atoms with van der Waals surface area (Å²) in [6.45, 7) is 0. The van der Waals surface area contributed by atoms with Crippen LogP contribution >= 0.6 is 11.8 Å². The highest BCUT2D eigenvalue weighted by atomic mass is 32.2. The summed E-state index contributed by atoms with van der Waals surface area (Å²) in [5, 5.41) is 1.80. The highest BCUT2D eigenvalue weighted by Crippen LogP contribution is 2.23. The number of rotatable bonds is 0. The van der Waals surface area contributed by atoms with Crippen LogP contribution in [-0.2, 0) is 4.79 Å². The molecule has 0 saturated heterocycles. The molecule has 1 rings (SSSR count). The molecule has 2 N–H and O–H groups in total. The Morgan fingerprint density at radius 3 is 2.88 bits per heavy atom. The highest BCUT2D eigenvalue weighted by Gasteiger charge is 2.11. The Kier molecular flexibility index (Phi) is 1.53. The van der Waals surface area contributed by atoms with Gasteiger partial charge >= 0.3 is 0 Å². The van der Waals surface area contributed by atoms with Crippen molar-refractivity contribution in [2.24, 2.45) is 5.73 Å². The van der Waals surface area contributed by atoms with Crippen LogP contribution in [0.5, 0.6) is 0 Å². The number of hydrogen-bond donors (Lipinski definition) is 1. The lowest BCUT2D eigenvalue weighted by atomic mass is 10.3. The molecule has 0 fully saturated rings. The Balaban J connectivity index is 2.79. The predicted octanol–water partition coefficient (Wildman–Crippen LogP) is 0.290. The highest BCUT2D eigenvalue weighted by molar-refractivity contribution is 8.06. The Hall–Kier alpha value is -0.500. The van der Waals surface area contributed by atoms with Crippen LogP contribution in [0, 0.1) is 0 Å². The molecule has 1 atom stereocenters. The molecule has 0 amide bonds. The van der Waals surface area contributed by atoms with Crippen molar-refractivity contribution in [2.45, 2.75) is 6.04 Å². The number of nitrogens with two attached hydrogens (primary N) is 1. The van der Waals surface area contributed by atoms with E-state index in [1.807, 2.05) is 0 Å². The van der Waals surface area contributed by atoms with E-state index in [4.69, 9.17) is 5.73 Å². The van der Waals surface area contributed by atoms with Gasteiger partial charge in [0.2, 0.25) is 0 Å². The zero-order chi connectivity index (χ0) is 5.98. The van der Waals surface area contributed by atoms with Crippen LogP contribution in [-0.4, -0.2) is 12.0 Å². The minimum Gasteiger partial charge on any atom is -0.320 e. The van der Waals surface area contributed by atoms with E-state index in [1.54, 1.807) is 17.4 Å². The van der Waals surface area contributed by atoms with E-state index in [2.05, 4.69) is 0 Å². The summed E-state index contributed by atoms with van der Waals surface area (Å²) in [5.41, 5.74) is 5.38. The molecule has 0 aliphatic carbocycles. The van der Waals surface area contributed by atoms with Crippen LogP contribution in [0.2, 0.25) is 0 Å². The fourth-order valence-corrected chi connectivity index (χ4v) is 1.13. The summed E-state index contributed by atoms with van der Waals surface area (Å²) in [5.74, 6) is 1.76. The molecule has 8 heavy (non-hydrogen) atoms. The smallest absolute Gasteiger partial charge is 0.137 e. The predicted molar refractivity (Wildman–Crippen MR) is 33.9 cm³/mol. The molecule has 1 aliphatic rings. The molecule has 0 aromatic rings. The average Bonchev–Trinajstić information content (AvgIpc) is 2.14. The fourth-order valence-electron chi connectivity index (χ4n) is 0.455. The van der Waals surface area contributed by atoms with Gasteiger partial charge in [0.05, 0.1) is 10.9 Å². The summed E-state index contributed by atoms with van der Waals surface area (Å²) in [6.07, 6.45) is 1.77. The third-order valence-electron chi connectivity index (χ3n) is 0.884. The van der Waals surface area contributed by atoms with E-state index in [-0.39, 0.29) is 6.04 Å². The van der Waals surface area contributed by atoms with Gasteiger partial charge in [-0.1, -0.05) is 17.8 Å². The number of hydrogen-bond acceptors (Lipinski definition) is 3. The summed E-state index contributed by atoms with van der Waals surface area (Å²) in [6, 6.07) is -0.197. The van der Waals surface area contributed by atoms with Gasteiger partial charge in [0.15, 0.2) is 0 Å². The molecule has 1 heterocycles. The lowest BCUT2D eigenvalue weighted by Gasteiger charge is -1.93. The summed E-state index contributed by atoms with van der Waals surface area (Å²) < 4.78 is 0. The maximum atomic E-state index is 9.91. The number of thioether (sulfide) groups is 1. The van der Waals surface area contributed by atoms with Crippen molar-refractivity contribution < 1.29 is 4.79 Å². The third-order valence-corrected chi connectivity index (χ3v) is 1.79. The van der Waals surface area contributed by atoms with Gasteiger partial charge in [0.25, 0.3) is 0 Å². The molecule has 0 spiro atoms. The lowest BCUT2D eigenvalue weighted by molar-refractivity contribution is 0.567. The van der Waals surface area contributed by atoms with Gasteiger partial charge in [-0.2, -0.15) is 0 Å². The molecular formula is C5H5NOS. The quantitative estimate of drug-likeness (QED) is 0.475. The molecule has 0 saturated carbocycles. The maximum absolute atomic E-state index is 9.91. The van der Waals surface area contributed by atoms with Crippen LogP contribution in [0.15, 0.2) is 16.4 Å². The van der Waals surface area contributed by atoms with Gasteiger partial charge in [0, 0.05) is 0 Å². The number of carbonyl (C=O) groups excluding carboxylic acids is 1. The molecule has 1 aliphatic heterocycles. The van der Waals surface area contributed by atoms with Crippen molar-refractivity contribution in [1.82, 2.24) is 0 Å². The molecule has 0 bridgehead atoms. The molecule has 0 aromatic heterocycles. The minimum absolute atomic E-state index is 0.197. The van der Waals surface area contributed by atoms with E-state index < -0.39 is 0 Å². The second-order valence-corrected chi connectivity index (χ2v) is 2.39. The van der Waals surface area contributed by atoms with Crippen molar-refractivity contribution in [1.29, 1.82) is 0 Å². The second-order valence-electron chi connectivity index (χ2n) is 1.44. The summed E-state index contributed by atoms with van der Waals surface area (Å²) in [4.78, 5) is 10.5. The first kappa shape index (κ1) is 5.63. The van der Waals surface area contributed by atoms with Gasteiger partial charge in [-0.15, -0.1) is 0 Å². The molecular weight excluding hydrogens is 122 g/mol. The monoisotopic (exact) mass is 127 g/mol. The van der Waals surface area contributed by atoms with Crippen molar-refractivity contribution in [3.05, 3.63) is 16.4 Å². The van der Waals surface area contributed by atoms with Crippen molar-refractivity contribution in [3.8, 4) is 0 Å². The largest absolute Gasteiger partial charge is 0.320 e. The third kappa shape index (κ3) is 0.842. The Labute approximate surface area is 51.4 Å². The standard InChI is InChI=1S/C5H5NOS/c6-4-1-2-8-5(4)3-7/h1-2,4H,6H2. The molecule has 1 unspecified atom stereocenters. The van der Waals surface area contributed by atoms with Gasteiger partial charge < -0.3 is 5.73 Å². The van der Waals surface area contributed by atoms with Crippen molar-refractivity contribution in [3.63, 3.8) is 0 Å². The van der Waals surface area contributed by atoms with E-state index >= 15 is 0 Å². The molecule has 3 heteroatoms. The van der Waals surface area contributed by atoms with Crippen LogP contribution in [0.4, 0.5) is 0 Å². The van der Waals surface area contributed by atoms with Crippen LogP contribution in [0.3, 0.4) is 0 Å². The molecule has 42 valence electrons. The zero-order valence-electron chi connectivity index (χ0n) is 4.13. The van der Waals surface area contributed by atoms with Gasteiger partial charge in [-0.05, 0) is 5.41 Å². The molecule has 0 aromatic carbocycles. The minimum atomic E-state index is -0.197. The first-order valence-electron chi connectivity index (χ1n) is 2.18. The molecule has 2 nitrogen and oxygen atoms in total. The van der Waals surface area contributed by atoms with Gasteiger partial charge in [-0.3, -0.25) is 0 Å². The van der Waals surface area contributed by atoms with Crippen molar-refractivity contribution >= 4 is 17.7 Å². The van der Waals surface area contributed by atoms with E-state index in [0.717, 1.165) is 0 Å². The lowest BCUT2D eigenvalue weighted by Crippen LogP contribution is -2.14. The topological polar surface area (TPSA) is 43.1 Å². The summed E-state index contributed by atoms with van der Waals surface area (Å²) in [7, 11) is 0. The SMILES string of the molecule is NC1C=CSC1=C=O. The maximum Gasteiger partial charge on any atom is 0.137 e. The van der Waals surface area contributed by atoms with Gasteiger partial charge in [-0.25, -0.2) is 4.79 Å². The van der Waals surface area contributed by atoms with Gasteiger partial charge in [0.1, 0.15) is 5.94 Å². The Morgan fingerprint density at radius 1 is 1.88 bits per heavy atom. The van der Waals surface area contributed by atoms with E-state index in [9.17, 15) is 4.79 Å². The van der Waals surface area contributed by atoms with Crippen LogP contribution < -0.4 is 5.73 Å². The summed E-state index contributed by atoms with van der Waals surface area (Å²) >= 11 is 1.34. The van der Waals surface area contributed by atoms with E-state index in [0.29, 0.717) is 4.91 Å². The molecule has 0 radical (unpaired) electrons. The Morgan fingerprint density at radius 2 is 2.62 bits per heavy atom. The second kappa shape index (κ2) is 2.18. The first-order chi connectivity index (χ1) is 3.84. The first-order valence-corrected chi connectivity index (χ1v) is 3.06. The van der Waals surface area contributed by atoms with Crippen molar-refractivity contribution in [2.75, 3.05) is 0 Å². The van der Waals surface area contributed by atoms with Crippen LogP contribution in [0.25, 0.3) is 0 Å². The van der Waals surface area contributed by atoms with E-state index in [1.165, 1.54) is 11.8 Å². The van der Waals surface area contributed by atoms with Crippen LogP contribution in [0.1, 0.15) is 0 Å². The Bertz CT molecular complexity index is 169. The normalized spacial score (nSPS) is 26.1. The zero-order valence-corrected chi connectivity index (χ0v) is 4.94. The fraction of sp³-hybridized carbons (Fsp3) is 0.200. The average molecular weight is 127 g/mol.